The number of benzene rings is 2. The third-order valence-electron chi connectivity index (χ3n) is 3.28. The van der Waals surface area contributed by atoms with Gasteiger partial charge in [0.1, 0.15) is 0 Å². The SMILES string of the molecule is O=C(O)c1ccc2ncc(=O)n(Cc3ccccc3)c2c1. The zero-order valence-electron chi connectivity index (χ0n) is 11.1. The summed E-state index contributed by atoms with van der Waals surface area (Å²) in [6, 6.07) is 14.1. The topological polar surface area (TPSA) is 72.2 Å². The number of carboxylic acids is 1. The first-order valence-electron chi connectivity index (χ1n) is 6.42. The van der Waals surface area contributed by atoms with E-state index in [1.54, 1.807) is 6.07 Å². The Balaban J connectivity index is 2.20. The first-order chi connectivity index (χ1) is 10.1. The highest BCUT2D eigenvalue weighted by atomic mass is 16.4. The number of hydrogen-bond acceptors (Lipinski definition) is 3. The number of hydrogen-bond donors (Lipinski definition) is 1. The number of aromatic carboxylic acids is 1. The molecule has 3 aromatic rings. The van der Waals surface area contributed by atoms with Crippen molar-refractivity contribution in [2.24, 2.45) is 0 Å². The minimum atomic E-state index is -1.03. The predicted octanol–water partition coefficient (Wildman–Crippen LogP) is 2.14. The zero-order valence-corrected chi connectivity index (χ0v) is 11.1. The van der Waals surface area contributed by atoms with Crippen molar-refractivity contribution in [1.29, 1.82) is 0 Å². The van der Waals surface area contributed by atoms with E-state index >= 15 is 0 Å². The van der Waals surface area contributed by atoms with Crippen LogP contribution in [0.25, 0.3) is 11.0 Å². The minimum Gasteiger partial charge on any atom is -0.478 e. The zero-order chi connectivity index (χ0) is 14.8. The van der Waals surface area contributed by atoms with Crippen LogP contribution in [0.3, 0.4) is 0 Å². The van der Waals surface area contributed by atoms with E-state index in [1.807, 2.05) is 30.3 Å². The van der Waals surface area contributed by atoms with Gasteiger partial charge in [0, 0.05) is 0 Å². The monoisotopic (exact) mass is 280 g/mol. The molecule has 0 fully saturated rings. The molecule has 0 unspecified atom stereocenters. The summed E-state index contributed by atoms with van der Waals surface area (Å²) >= 11 is 0. The first-order valence-corrected chi connectivity index (χ1v) is 6.42. The molecule has 0 atom stereocenters. The molecule has 5 heteroatoms. The van der Waals surface area contributed by atoms with Crippen LogP contribution in [0.2, 0.25) is 0 Å². The lowest BCUT2D eigenvalue weighted by molar-refractivity contribution is 0.0697. The van der Waals surface area contributed by atoms with E-state index in [0.717, 1.165) is 5.56 Å². The fourth-order valence-corrected chi connectivity index (χ4v) is 2.22. The van der Waals surface area contributed by atoms with Gasteiger partial charge in [0.05, 0.1) is 29.3 Å². The van der Waals surface area contributed by atoms with Crippen molar-refractivity contribution >= 4 is 17.0 Å². The van der Waals surface area contributed by atoms with E-state index in [0.29, 0.717) is 17.6 Å². The molecule has 0 spiro atoms. The Kier molecular flexibility index (Phi) is 3.23. The quantitative estimate of drug-likeness (QED) is 0.797. The van der Waals surface area contributed by atoms with Gasteiger partial charge < -0.3 is 9.67 Å². The van der Waals surface area contributed by atoms with E-state index in [9.17, 15) is 9.59 Å². The molecule has 0 saturated heterocycles. The minimum absolute atomic E-state index is 0.136. The molecule has 0 radical (unpaired) electrons. The van der Waals surface area contributed by atoms with Crippen molar-refractivity contribution in [3.63, 3.8) is 0 Å². The van der Waals surface area contributed by atoms with Crippen LogP contribution in [0.1, 0.15) is 15.9 Å². The second-order valence-electron chi connectivity index (χ2n) is 4.68. The van der Waals surface area contributed by atoms with Crippen molar-refractivity contribution < 1.29 is 9.90 Å². The van der Waals surface area contributed by atoms with Crippen molar-refractivity contribution in [2.75, 3.05) is 0 Å². The number of fused-ring (bicyclic) bond motifs is 1. The molecule has 3 rings (SSSR count). The largest absolute Gasteiger partial charge is 0.478 e. The molecule has 1 heterocycles. The van der Waals surface area contributed by atoms with Crippen molar-refractivity contribution in [3.05, 3.63) is 76.2 Å². The van der Waals surface area contributed by atoms with Crippen LogP contribution in [0.15, 0.2) is 59.5 Å². The van der Waals surface area contributed by atoms with Crippen LogP contribution in [0.5, 0.6) is 0 Å². The van der Waals surface area contributed by atoms with E-state index in [-0.39, 0.29) is 11.1 Å². The summed E-state index contributed by atoms with van der Waals surface area (Å²) in [4.78, 5) is 27.2. The maximum Gasteiger partial charge on any atom is 0.335 e. The van der Waals surface area contributed by atoms with Crippen LogP contribution in [-0.4, -0.2) is 20.6 Å². The molecule has 1 N–H and O–H groups in total. The third-order valence-corrected chi connectivity index (χ3v) is 3.28. The molecule has 21 heavy (non-hydrogen) atoms. The Morgan fingerprint density at radius 2 is 1.90 bits per heavy atom. The summed E-state index contributed by atoms with van der Waals surface area (Å²) in [7, 11) is 0. The molecular formula is C16H12N2O3. The van der Waals surface area contributed by atoms with Gasteiger partial charge in [-0.2, -0.15) is 0 Å². The Morgan fingerprint density at radius 3 is 2.62 bits per heavy atom. The van der Waals surface area contributed by atoms with Gasteiger partial charge in [-0.1, -0.05) is 30.3 Å². The third kappa shape index (κ3) is 2.53. The number of carbonyl (C=O) groups is 1. The van der Waals surface area contributed by atoms with E-state index < -0.39 is 5.97 Å². The van der Waals surface area contributed by atoms with Crippen LogP contribution in [0, 0.1) is 0 Å². The first kappa shape index (κ1) is 13.1. The Morgan fingerprint density at radius 1 is 1.14 bits per heavy atom. The van der Waals surface area contributed by atoms with Gasteiger partial charge in [0.2, 0.25) is 0 Å². The maximum absolute atomic E-state index is 12.1. The van der Waals surface area contributed by atoms with Crippen molar-refractivity contribution in [1.82, 2.24) is 9.55 Å². The van der Waals surface area contributed by atoms with Gasteiger partial charge in [-0.05, 0) is 23.8 Å². The predicted molar refractivity (Wildman–Crippen MR) is 78.5 cm³/mol. The summed E-state index contributed by atoms with van der Waals surface area (Å²) in [6.45, 7) is 0.377. The van der Waals surface area contributed by atoms with E-state index in [1.165, 1.54) is 22.9 Å². The van der Waals surface area contributed by atoms with Crippen molar-refractivity contribution in [3.8, 4) is 0 Å². The summed E-state index contributed by atoms with van der Waals surface area (Å²) in [6.07, 6.45) is 1.26. The van der Waals surface area contributed by atoms with E-state index in [2.05, 4.69) is 4.98 Å². The Bertz CT molecular complexity index is 870. The standard InChI is InChI=1S/C16H12N2O3/c19-15-9-17-13-7-6-12(16(20)21)8-14(13)18(15)10-11-4-2-1-3-5-11/h1-9H,10H2,(H,20,21). The van der Waals surface area contributed by atoms with Crippen LogP contribution < -0.4 is 5.56 Å². The molecule has 5 nitrogen and oxygen atoms in total. The molecule has 0 saturated carbocycles. The highest BCUT2D eigenvalue weighted by Gasteiger charge is 2.09. The molecule has 0 bridgehead atoms. The van der Waals surface area contributed by atoms with Gasteiger partial charge in [0.15, 0.2) is 0 Å². The number of rotatable bonds is 3. The number of carboxylic acid groups (broad SMARTS) is 1. The molecular weight excluding hydrogens is 268 g/mol. The lowest BCUT2D eigenvalue weighted by Crippen LogP contribution is -2.21. The Hall–Kier alpha value is -2.95. The average Bonchev–Trinajstić information content (AvgIpc) is 2.50. The van der Waals surface area contributed by atoms with Crippen LogP contribution in [0.4, 0.5) is 0 Å². The smallest absolute Gasteiger partial charge is 0.335 e. The molecule has 0 aliphatic heterocycles. The summed E-state index contributed by atoms with van der Waals surface area (Å²) in [5, 5.41) is 9.09. The van der Waals surface area contributed by atoms with Gasteiger partial charge in [-0.15, -0.1) is 0 Å². The molecule has 0 aliphatic rings. The molecule has 0 aliphatic carbocycles. The molecule has 0 amide bonds. The molecule has 2 aromatic carbocycles. The summed E-state index contributed by atoms with van der Waals surface area (Å²) in [5.74, 6) is -1.03. The van der Waals surface area contributed by atoms with Gasteiger partial charge in [0.25, 0.3) is 5.56 Å². The molecule has 104 valence electrons. The Labute approximate surface area is 120 Å². The summed E-state index contributed by atoms with van der Waals surface area (Å²) < 4.78 is 1.53. The normalized spacial score (nSPS) is 10.7. The van der Waals surface area contributed by atoms with Crippen LogP contribution >= 0.6 is 0 Å². The van der Waals surface area contributed by atoms with E-state index in [4.69, 9.17) is 5.11 Å². The fourth-order valence-electron chi connectivity index (χ4n) is 2.22. The molecule has 1 aromatic heterocycles. The summed E-state index contributed by atoms with van der Waals surface area (Å²) in [5.41, 5.74) is 1.96. The second kappa shape index (κ2) is 5.20. The lowest BCUT2D eigenvalue weighted by atomic mass is 10.1. The fraction of sp³-hybridized carbons (Fsp3) is 0.0625. The van der Waals surface area contributed by atoms with Gasteiger partial charge >= 0.3 is 5.97 Å². The maximum atomic E-state index is 12.1. The average molecular weight is 280 g/mol. The van der Waals surface area contributed by atoms with Crippen molar-refractivity contribution in [2.45, 2.75) is 6.54 Å². The van der Waals surface area contributed by atoms with Gasteiger partial charge in [-0.25, -0.2) is 9.78 Å². The number of nitrogens with zero attached hydrogens (tertiary/aromatic N) is 2. The lowest BCUT2D eigenvalue weighted by Gasteiger charge is -2.10. The highest BCUT2D eigenvalue weighted by Crippen LogP contribution is 2.14. The van der Waals surface area contributed by atoms with Crippen LogP contribution in [-0.2, 0) is 6.54 Å². The number of aromatic nitrogens is 2. The highest BCUT2D eigenvalue weighted by molar-refractivity contribution is 5.92. The second-order valence-corrected chi connectivity index (χ2v) is 4.68. The van der Waals surface area contributed by atoms with Gasteiger partial charge in [-0.3, -0.25) is 4.79 Å².